The zero-order valence-electron chi connectivity index (χ0n) is 13.3. The highest BCUT2D eigenvalue weighted by atomic mass is 15.3. The molecular formula is C16H28N4. The van der Waals surface area contributed by atoms with Crippen molar-refractivity contribution in [3.63, 3.8) is 0 Å². The number of aromatic nitrogens is 1. The van der Waals surface area contributed by atoms with Crippen LogP contribution in [0.1, 0.15) is 31.5 Å². The van der Waals surface area contributed by atoms with Crippen LogP contribution in [-0.4, -0.2) is 49.7 Å². The fourth-order valence-electron chi connectivity index (χ4n) is 2.74. The minimum absolute atomic E-state index is 0.591. The predicted molar refractivity (Wildman–Crippen MR) is 85.3 cm³/mol. The molecule has 2 rings (SSSR count). The van der Waals surface area contributed by atoms with Crippen molar-refractivity contribution in [3.8, 4) is 0 Å². The average Bonchev–Trinajstić information content (AvgIpc) is 2.42. The fraction of sp³-hybridized carbons (Fsp3) is 0.688. The number of nitrogens with zero attached hydrogens (tertiary/aromatic N) is 3. The molecule has 20 heavy (non-hydrogen) atoms. The summed E-state index contributed by atoms with van der Waals surface area (Å²) >= 11 is 0. The Morgan fingerprint density at radius 1 is 1.35 bits per heavy atom. The van der Waals surface area contributed by atoms with Gasteiger partial charge in [-0.15, -0.1) is 0 Å². The summed E-state index contributed by atoms with van der Waals surface area (Å²) in [6.45, 7) is 8.67. The normalized spacial score (nSPS) is 20.4. The van der Waals surface area contributed by atoms with E-state index < -0.39 is 0 Å². The van der Waals surface area contributed by atoms with Crippen LogP contribution in [0.25, 0.3) is 0 Å². The van der Waals surface area contributed by atoms with Crippen molar-refractivity contribution >= 4 is 5.82 Å². The lowest BCUT2D eigenvalue weighted by Gasteiger charge is -2.38. The number of rotatable bonds is 5. The van der Waals surface area contributed by atoms with Crippen LogP contribution < -0.4 is 10.2 Å². The molecule has 4 heteroatoms. The first kappa shape index (κ1) is 15.3. The van der Waals surface area contributed by atoms with E-state index in [0.29, 0.717) is 6.04 Å². The SMILES string of the molecule is CCCc1cc(CNC)cc(N2CCN(C)C(C)C2)n1. The number of hydrogen-bond acceptors (Lipinski definition) is 4. The first-order valence-electron chi connectivity index (χ1n) is 7.73. The van der Waals surface area contributed by atoms with Gasteiger partial charge in [-0.25, -0.2) is 4.98 Å². The maximum Gasteiger partial charge on any atom is 0.129 e. The van der Waals surface area contributed by atoms with Gasteiger partial charge in [0, 0.05) is 37.9 Å². The molecular weight excluding hydrogens is 248 g/mol. The Morgan fingerprint density at radius 3 is 2.80 bits per heavy atom. The minimum Gasteiger partial charge on any atom is -0.354 e. The van der Waals surface area contributed by atoms with Crippen molar-refractivity contribution in [2.24, 2.45) is 0 Å². The number of aryl methyl sites for hydroxylation is 1. The van der Waals surface area contributed by atoms with Crippen molar-refractivity contribution in [2.45, 2.75) is 39.3 Å². The minimum atomic E-state index is 0.591. The molecule has 0 amide bonds. The van der Waals surface area contributed by atoms with E-state index in [0.717, 1.165) is 44.8 Å². The van der Waals surface area contributed by atoms with Gasteiger partial charge >= 0.3 is 0 Å². The summed E-state index contributed by atoms with van der Waals surface area (Å²) < 4.78 is 0. The zero-order valence-corrected chi connectivity index (χ0v) is 13.3. The maximum absolute atomic E-state index is 4.87. The molecule has 1 fully saturated rings. The molecule has 1 aromatic rings. The van der Waals surface area contributed by atoms with E-state index >= 15 is 0 Å². The molecule has 1 atom stereocenters. The Morgan fingerprint density at radius 2 is 2.15 bits per heavy atom. The Balaban J connectivity index is 2.20. The van der Waals surface area contributed by atoms with E-state index in [2.05, 4.69) is 48.1 Å². The van der Waals surface area contributed by atoms with E-state index in [-0.39, 0.29) is 0 Å². The summed E-state index contributed by atoms with van der Waals surface area (Å²) in [6, 6.07) is 5.07. The third kappa shape index (κ3) is 3.70. The molecule has 1 unspecified atom stereocenters. The van der Waals surface area contributed by atoms with E-state index in [9.17, 15) is 0 Å². The van der Waals surface area contributed by atoms with Gasteiger partial charge in [-0.2, -0.15) is 0 Å². The molecule has 1 N–H and O–H groups in total. The molecule has 0 saturated carbocycles. The van der Waals surface area contributed by atoms with Crippen LogP contribution in [0.2, 0.25) is 0 Å². The molecule has 1 saturated heterocycles. The van der Waals surface area contributed by atoms with Gasteiger partial charge in [-0.3, -0.25) is 0 Å². The number of likely N-dealkylation sites (N-methyl/N-ethyl adjacent to an activating group) is 1. The molecule has 2 heterocycles. The summed E-state index contributed by atoms with van der Waals surface area (Å²) in [6.07, 6.45) is 2.21. The molecule has 1 aliphatic heterocycles. The zero-order chi connectivity index (χ0) is 14.5. The van der Waals surface area contributed by atoms with Crippen molar-refractivity contribution in [1.82, 2.24) is 15.2 Å². The monoisotopic (exact) mass is 276 g/mol. The Kier molecular flexibility index (Phi) is 5.38. The highest BCUT2D eigenvalue weighted by Gasteiger charge is 2.22. The highest BCUT2D eigenvalue weighted by molar-refractivity contribution is 5.43. The topological polar surface area (TPSA) is 31.4 Å². The van der Waals surface area contributed by atoms with Crippen LogP contribution in [0.15, 0.2) is 12.1 Å². The second-order valence-electron chi connectivity index (χ2n) is 5.88. The maximum atomic E-state index is 4.87. The lowest BCUT2D eigenvalue weighted by Crippen LogP contribution is -2.50. The second-order valence-corrected chi connectivity index (χ2v) is 5.88. The van der Waals surface area contributed by atoms with Gasteiger partial charge in [-0.1, -0.05) is 13.3 Å². The molecule has 0 radical (unpaired) electrons. The molecule has 0 aliphatic carbocycles. The van der Waals surface area contributed by atoms with Crippen LogP contribution in [0, 0.1) is 0 Å². The van der Waals surface area contributed by atoms with Gasteiger partial charge in [0.05, 0.1) is 0 Å². The Labute approximate surface area is 123 Å². The lowest BCUT2D eigenvalue weighted by molar-refractivity contribution is 0.233. The summed E-state index contributed by atoms with van der Waals surface area (Å²) in [5.41, 5.74) is 2.56. The van der Waals surface area contributed by atoms with Crippen molar-refractivity contribution in [2.75, 3.05) is 38.6 Å². The molecule has 0 bridgehead atoms. The molecule has 0 spiro atoms. The Bertz CT molecular complexity index is 408. The summed E-state index contributed by atoms with van der Waals surface area (Å²) in [4.78, 5) is 9.72. The summed E-state index contributed by atoms with van der Waals surface area (Å²) in [5.74, 6) is 1.15. The van der Waals surface area contributed by atoms with Gasteiger partial charge in [0.25, 0.3) is 0 Å². The van der Waals surface area contributed by atoms with Gasteiger partial charge in [0.15, 0.2) is 0 Å². The second kappa shape index (κ2) is 7.04. The number of piperazine rings is 1. The predicted octanol–water partition coefficient (Wildman–Crippen LogP) is 1.89. The smallest absolute Gasteiger partial charge is 0.129 e. The molecule has 1 aliphatic rings. The number of anilines is 1. The van der Waals surface area contributed by atoms with Gasteiger partial charge in [0.2, 0.25) is 0 Å². The first-order chi connectivity index (χ1) is 9.63. The highest BCUT2D eigenvalue weighted by Crippen LogP contribution is 2.19. The largest absolute Gasteiger partial charge is 0.354 e. The van der Waals surface area contributed by atoms with E-state index in [4.69, 9.17) is 4.98 Å². The van der Waals surface area contributed by atoms with Crippen molar-refractivity contribution in [3.05, 3.63) is 23.4 Å². The van der Waals surface area contributed by atoms with Crippen LogP contribution in [-0.2, 0) is 13.0 Å². The summed E-state index contributed by atoms with van der Waals surface area (Å²) in [7, 11) is 4.20. The van der Waals surface area contributed by atoms with Crippen LogP contribution >= 0.6 is 0 Å². The third-order valence-electron chi connectivity index (χ3n) is 4.10. The van der Waals surface area contributed by atoms with E-state index in [1.165, 1.54) is 11.3 Å². The van der Waals surface area contributed by atoms with Gasteiger partial charge in [0.1, 0.15) is 5.82 Å². The van der Waals surface area contributed by atoms with Crippen molar-refractivity contribution < 1.29 is 0 Å². The number of nitrogens with one attached hydrogen (secondary N) is 1. The molecule has 1 aromatic heterocycles. The third-order valence-corrected chi connectivity index (χ3v) is 4.10. The van der Waals surface area contributed by atoms with Gasteiger partial charge < -0.3 is 15.1 Å². The van der Waals surface area contributed by atoms with E-state index in [1.807, 2.05) is 7.05 Å². The number of hydrogen-bond donors (Lipinski definition) is 1. The molecule has 112 valence electrons. The van der Waals surface area contributed by atoms with Crippen LogP contribution in [0.5, 0.6) is 0 Å². The molecule has 4 nitrogen and oxygen atoms in total. The molecule has 0 aromatic carbocycles. The van der Waals surface area contributed by atoms with Crippen molar-refractivity contribution in [1.29, 1.82) is 0 Å². The first-order valence-corrected chi connectivity index (χ1v) is 7.73. The van der Waals surface area contributed by atoms with E-state index in [1.54, 1.807) is 0 Å². The van der Waals surface area contributed by atoms with Gasteiger partial charge in [-0.05, 0) is 45.1 Å². The lowest BCUT2D eigenvalue weighted by atomic mass is 10.1. The summed E-state index contributed by atoms with van der Waals surface area (Å²) in [5, 5.41) is 3.24. The number of pyridine rings is 1. The Hall–Kier alpha value is -1.13. The van der Waals surface area contributed by atoms with Crippen LogP contribution in [0.4, 0.5) is 5.82 Å². The fourth-order valence-corrected chi connectivity index (χ4v) is 2.74. The van der Waals surface area contributed by atoms with Crippen LogP contribution in [0.3, 0.4) is 0 Å². The quantitative estimate of drug-likeness (QED) is 0.890. The standard InChI is InChI=1S/C16H28N4/c1-5-6-15-9-14(11-17-3)10-16(18-15)20-8-7-19(4)13(2)12-20/h9-10,13,17H,5-8,11-12H2,1-4H3. The average molecular weight is 276 g/mol.